The van der Waals surface area contributed by atoms with Gasteiger partial charge in [0.15, 0.2) is 0 Å². The fraction of sp³-hybridized carbons (Fsp3) is 0.455. The highest BCUT2D eigenvalue weighted by atomic mass is 14.7. The maximum absolute atomic E-state index is 4.37. The molecule has 1 heterocycles. The van der Waals surface area contributed by atoms with Crippen LogP contribution >= 0.6 is 0 Å². The van der Waals surface area contributed by atoms with Crippen molar-refractivity contribution in [3.05, 3.63) is 36.0 Å². The van der Waals surface area contributed by atoms with Crippen molar-refractivity contribution < 1.29 is 0 Å². The van der Waals surface area contributed by atoms with Crippen LogP contribution in [0.1, 0.15) is 37.8 Å². The second kappa shape index (κ2) is 3.70. The highest BCUT2D eigenvalue weighted by Crippen LogP contribution is 2.29. The predicted molar refractivity (Wildman–Crippen MR) is 49.7 cm³/mol. The molecule has 0 aliphatic heterocycles. The van der Waals surface area contributed by atoms with Gasteiger partial charge in [0, 0.05) is 17.8 Å². The van der Waals surface area contributed by atoms with Crippen LogP contribution in [-0.4, -0.2) is 4.98 Å². The van der Waals surface area contributed by atoms with Crippen LogP contribution in [0.15, 0.2) is 24.4 Å². The van der Waals surface area contributed by atoms with Gasteiger partial charge in [0.25, 0.3) is 0 Å². The first-order valence-corrected chi connectivity index (χ1v) is 4.73. The SMILES string of the molecule is c1ccc([C]2CCCCC2)nc1. The molecule has 0 atom stereocenters. The van der Waals surface area contributed by atoms with Gasteiger partial charge in [-0.15, -0.1) is 0 Å². The van der Waals surface area contributed by atoms with Crippen molar-refractivity contribution in [2.75, 3.05) is 0 Å². The number of rotatable bonds is 1. The standard InChI is InChI=1S/C11H14N/c1-2-6-10(7-3-1)11-8-4-5-9-12-11/h4-5,8-9H,1-3,6-7H2. The van der Waals surface area contributed by atoms with E-state index >= 15 is 0 Å². The monoisotopic (exact) mass is 160 g/mol. The van der Waals surface area contributed by atoms with Crippen molar-refractivity contribution in [3.63, 3.8) is 0 Å². The van der Waals surface area contributed by atoms with Crippen LogP contribution in [0, 0.1) is 5.92 Å². The van der Waals surface area contributed by atoms with Crippen molar-refractivity contribution in [3.8, 4) is 0 Å². The lowest BCUT2D eigenvalue weighted by atomic mass is 9.87. The second-order valence-corrected chi connectivity index (χ2v) is 3.38. The van der Waals surface area contributed by atoms with E-state index in [1.807, 2.05) is 12.3 Å². The molecule has 0 saturated heterocycles. The summed E-state index contributed by atoms with van der Waals surface area (Å²) in [7, 11) is 0. The fourth-order valence-electron chi connectivity index (χ4n) is 1.81. The van der Waals surface area contributed by atoms with E-state index in [9.17, 15) is 0 Å². The minimum atomic E-state index is 1.22. The Hall–Kier alpha value is -0.850. The third-order valence-corrected chi connectivity index (χ3v) is 2.48. The average Bonchev–Trinajstić information content (AvgIpc) is 2.21. The minimum Gasteiger partial charge on any atom is -0.261 e. The van der Waals surface area contributed by atoms with Crippen molar-refractivity contribution in [2.24, 2.45) is 0 Å². The lowest BCUT2D eigenvalue weighted by Crippen LogP contribution is -2.06. The molecule has 1 aromatic heterocycles. The zero-order valence-electron chi connectivity index (χ0n) is 7.29. The van der Waals surface area contributed by atoms with Gasteiger partial charge < -0.3 is 0 Å². The van der Waals surface area contributed by atoms with Crippen LogP contribution in [0.5, 0.6) is 0 Å². The van der Waals surface area contributed by atoms with Crippen molar-refractivity contribution in [1.29, 1.82) is 0 Å². The highest BCUT2D eigenvalue weighted by Gasteiger charge is 2.16. The highest BCUT2D eigenvalue weighted by molar-refractivity contribution is 5.23. The molecule has 1 radical (unpaired) electrons. The molecule has 0 N–H and O–H groups in total. The Bertz CT molecular complexity index is 224. The van der Waals surface area contributed by atoms with E-state index < -0.39 is 0 Å². The summed E-state index contributed by atoms with van der Waals surface area (Å²) in [6, 6.07) is 6.18. The molecule has 1 heteroatoms. The third-order valence-electron chi connectivity index (χ3n) is 2.48. The van der Waals surface area contributed by atoms with Gasteiger partial charge in [0.1, 0.15) is 0 Å². The Balaban J connectivity index is 2.08. The lowest BCUT2D eigenvalue weighted by Gasteiger charge is -2.19. The van der Waals surface area contributed by atoms with Gasteiger partial charge in [0.05, 0.1) is 0 Å². The van der Waals surface area contributed by atoms with E-state index in [0.717, 1.165) is 0 Å². The number of pyridine rings is 1. The molecule has 12 heavy (non-hydrogen) atoms. The normalized spacial score (nSPS) is 19.3. The number of aromatic nitrogens is 1. The first kappa shape index (κ1) is 7.78. The first-order chi connectivity index (χ1) is 5.97. The molecule has 1 nitrogen and oxygen atoms in total. The molecule has 0 bridgehead atoms. The lowest BCUT2D eigenvalue weighted by molar-refractivity contribution is 0.546. The molecule has 2 rings (SSSR count). The van der Waals surface area contributed by atoms with Gasteiger partial charge in [-0.25, -0.2) is 0 Å². The predicted octanol–water partition coefficient (Wildman–Crippen LogP) is 2.97. The fourth-order valence-corrected chi connectivity index (χ4v) is 1.81. The molecular formula is C11H14N. The van der Waals surface area contributed by atoms with E-state index in [1.165, 1.54) is 37.8 Å². The first-order valence-electron chi connectivity index (χ1n) is 4.73. The van der Waals surface area contributed by atoms with E-state index in [4.69, 9.17) is 0 Å². The van der Waals surface area contributed by atoms with Gasteiger partial charge in [-0.2, -0.15) is 0 Å². The molecule has 63 valence electrons. The van der Waals surface area contributed by atoms with Gasteiger partial charge in [-0.1, -0.05) is 25.3 Å². The Morgan fingerprint density at radius 3 is 2.50 bits per heavy atom. The summed E-state index contributed by atoms with van der Waals surface area (Å²) in [5.41, 5.74) is 1.22. The maximum atomic E-state index is 4.37. The largest absolute Gasteiger partial charge is 0.261 e. The Kier molecular flexibility index (Phi) is 2.40. The Morgan fingerprint density at radius 2 is 1.83 bits per heavy atom. The summed E-state index contributed by atoms with van der Waals surface area (Å²) in [6.45, 7) is 0. The Labute approximate surface area is 73.8 Å². The van der Waals surface area contributed by atoms with Crippen LogP contribution in [0.2, 0.25) is 0 Å². The minimum absolute atomic E-state index is 1.22. The summed E-state index contributed by atoms with van der Waals surface area (Å²) < 4.78 is 0. The molecule has 0 aromatic carbocycles. The number of hydrogen-bond acceptors (Lipinski definition) is 1. The van der Waals surface area contributed by atoms with E-state index in [0.29, 0.717) is 0 Å². The Morgan fingerprint density at radius 1 is 1.00 bits per heavy atom. The second-order valence-electron chi connectivity index (χ2n) is 3.38. The summed E-state index contributed by atoms with van der Waals surface area (Å²) in [5, 5.41) is 0. The zero-order valence-corrected chi connectivity index (χ0v) is 7.29. The van der Waals surface area contributed by atoms with E-state index in [2.05, 4.69) is 17.1 Å². The average molecular weight is 160 g/mol. The van der Waals surface area contributed by atoms with Crippen molar-refractivity contribution >= 4 is 0 Å². The summed E-state index contributed by atoms with van der Waals surface area (Å²) >= 11 is 0. The molecule has 0 unspecified atom stereocenters. The molecular weight excluding hydrogens is 146 g/mol. The molecule has 0 amide bonds. The van der Waals surface area contributed by atoms with Gasteiger partial charge in [-0.05, 0) is 25.0 Å². The van der Waals surface area contributed by atoms with Gasteiger partial charge >= 0.3 is 0 Å². The van der Waals surface area contributed by atoms with Crippen LogP contribution < -0.4 is 0 Å². The van der Waals surface area contributed by atoms with E-state index in [-0.39, 0.29) is 0 Å². The van der Waals surface area contributed by atoms with Crippen molar-refractivity contribution in [1.82, 2.24) is 4.98 Å². The molecule has 1 aliphatic carbocycles. The quantitative estimate of drug-likeness (QED) is 0.615. The van der Waals surface area contributed by atoms with Crippen molar-refractivity contribution in [2.45, 2.75) is 32.1 Å². The smallest absolute Gasteiger partial charge is 0.0474 e. The molecule has 1 saturated carbocycles. The van der Waals surface area contributed by atoms with E-state index in [1.54, 1.807) is 5.92 Å². The number of hydrogen-bond donors (Lipinski definition) is 0. The summed E-state index contributed by atoms with van der Waals surface area (Å²) in [6.07, 6.45) is 8.51. The molecule has 1 aromatic rings. The van der Waals surface area contributed by atoms with Gasteiger partial charge in [-0.3, -0.25) is 4.98 Å². The van der Waals surface area contributed by atoms with Crippen LogP contribution in [0.3, 0.4) is 0 Å². The summed E-state index contributed by atoms with van der Waals surface area (Å²) in [4.78, 5) is 4.37. The third kappa shape index (κ3) is 1.66. The summed E-state index contributed by atoms with van der Waals surface area (Å²) in [5.74, 6) is 1.56. The van der Waals surface area contributed by atoms with Gasteiger partial charge in [0.2, 0.25) is 0 Å². The molecule has 1 aliphatic rings. The molecule has 1 fully saturated rings. The van der Waals surface area contributed by atoms with Crippen LogP contribution in [0.4, 0.5) is 0 Å². The molecule has 0 spiro atoms. The zero-order chi connectivity index (χ0) is 8.23. The maximum Gasteiger partial charge on any atom is 0.0474 e. The van der Waals surface area contributed by atoms with Crippen LogP contribution in [-0.2, 0) is 0 Å². The van der Waals surface area contributed by atoms with Crippen LogP contribution in [0.25, 0.3) is 0 Å². The topological polar surface area (TPSA) is 12.9 Å². The number of nitrogens with zero attached hydrogens (tertiary/aromatic N) is 1.